The summed E-state index contributed by atoms with van der Waals surface area (Å²) in [5, 5.41) is 7.24. The number of hydrogen-bond acceptors (Lipinski definition) is 4. The van der Waals surface area contributed by atoms with Crippen molar-refractivity contribution in [2.75, 3.05) is 19.0 Å². The van der Waals surface area contributed by atoms with Crippen LogP contribution >= 0.6 is 0 Å². The lowest BCUT2D eigenvalue weighted by molar-refractivity contribution is -0.153. The van der Waals surface area contributed by atoms with Crippen LogP contribution < -0.4 is 10.1 Å². The van der Waals surface area contributed by atoms with E-state index in [4.69, 9.17) is 4.74 Å². The van der Waals surface area contributed by atoms with Crippen molar-refractivity contribution in [3.63, 3.8) is 0 Å². The summed E-state index contributed by atoms with van der Waals surface area (Å²) in [6, 6.07) is 3.15. The van der Waals surface area contributed by atoms with Crippen molar-refractivity contribution in [1.82, 2.24) is 14.7 Å². The lowest BCUT2D eigenvalue weighted by Crippen LogP contribution is -2.39. The summed E-state index contributed by atoms with van der Waals surface area (Å²) in [6.45, 7) is 8.09. The molecule has 0 radical (unpaired) electrons. The van der Waals surface area contributed by atoms with E-state index in [9.17, 15) is 18.0 Å². The van der Waals surface area contributed by atoms with Gasteiger partial charge in [0.15, 0.2) is 6.61 Å². The molecule has 6 nitrogen and oxygen atoms in total. The van der Waals surface area contributed by atoms with Crippen LogP contribution in [0.5, 0.6) is 5.75 Å². The molecule has 166 valence electrons. The van der Waals surface area contributed by atoms with Gasteiger partial charge in [0.25, 0.3) is 0 Å². The topological polar surface area (TPSA) is 59.4 Å². The monoisotopic (exact) mass is 426 g/mol. The minimum absolute atomic E-state index is 0.157. The van der Waals surface area contributed by atoms with Crippen LogP contribution in [0.15, 0.2) is 12.1 Å². The van der Waals surface area contributed by atoms with E-state index in [1.54, 1.807) is 37.6 Å². The first kappa shape index (κ1) is 23.7. The Kier molecular flexibility index (Phi) is 7.18. The Morgan fingerprint density at radius 3 is 2.27 bits per heavy atom. The number of amides is 1. The van der Waals surface area contributed by atoms with Gasteiger partial charge in [-0.3, -0.25) is 14.4 Å². The van der Waals surface area contributed by atoms with Crippen molar-refractivity contribution in [3.8, 4) is 5.75 Å². The van der Waals surface area contributed by atoms with Gasteiger partial charge in [-0.1, -0.05) is 12.1 Å². The van der Waals surface area contributed by atoms with Crippen molar-refractivity contribution < 1.29 is 22.7 Å². The average Bonchev–Trinajstić information content (AvgIpc) is 2.85. The van der Waals surface area contributed by atoms with E-state index < -0.39 is 18.8 Å². The molecule has 1 N–H and O–H groups in total. The normalized spacial score (nSPS) is 12.9. The predicted molar refractivity (Wildman–Crippen MR) is 110 cm³/mol. The first-order chi connectivity index (χ1) is 13.8. The molecule has 2 aromatic rings. The highest BCUT2D eigenvalue weighted by atomic mass is 19.4. The van der Waals surface area contributed by atoms with Gasteiger partial charge in [-0.15, -0.1) is 0 Å². The Morgan fingerprint density at radius 2 is 1.80 bits per heavy atom. The molecule has 0 aliphatic rings. The molecule has 0 bridgehead atoms. The molecule has 0 aliphatic carbocycles. The maximum atomic E-state index is 12.7. The summed E-state index contributed by atoms with van der Waals surface area (Å²) in [7, 11) is 3.65. The van der Waals surface area contributed by atoms with Crippen molar-refractivity contribution in [1.29, 1.82) is 0 Å². The van der Waals surface area contributed by atoms with Gasteiger partial charge in [0.1, 0.15) is 5.75 Å². The maximum Gasteiger partial charge on any atom is 0.422 e. The number of rotatable bonds is 7. The zero-order valence-electron chi connectivity index (χ0n) is 18.4. The van der Waals surface area contributed by atoms with Gasteiger partial charge in [-0.05, 0) is 58.4 Å². The predicted octanol–water partition coefficient (Wildman–Crippen LogP) is 4.05. The summed E-state index contributed by atoms with van der Waals surface area (Å²) in [4.78, 5) is 14.6. The highest BCUT2D eigenvalue weighted by Crippen LogP contribution is 2.28. The van der Waals surface area contributed by atoms with Crippen LogP contribution in [0.25, 0.3) is 0 Å². The number of carbonyl (C=O) groups is 1. The van der Waals surface area contributed by atoms with Gasteiger partial charge >= 0.3 is 6.18 Å². The second-order valence-electron chi connectivity index (χ2n) is 7.71. The molecule has 1 aromatic heterocycles. The number of alkyl halides is 3. The number of nitrogens with zero attached hydrogens (tertiary/aromatic N) is 3. The molecular formula is C21H29F3N4O2. The number of ether oxygens (including phenoxy) is 1. The second-order valence-corrected chi connectivity index (χ2v) is 7.71. The number of hydrogen-bond donors (Lipinski definition) is 1. The molecule has 2 rings (SSSR count). The first-order valence-electron chi connectivity index (χ1n) is 9.61. The molecule has 1 aromatic carbocycles. The van der Waals surface area contributed by atoms with E-state index in [0.29, 0.717) is 23.4 Å². The van der Waals surface area contributed by atoms with Crippen molar-refractivity contribution in [2.45, 2.75) is 53.4 Å². The molecule has 1 unspecified atom stereocenters. The highest BCUT2D eigenvalue weighted by Gasteiger charge is 2.29. The van der Waals surface area contributed by atoms with Gasteiger partial charge in [0, 0.05) is 13.6 Å². The Morgan fingerprint density at radius 1 is 1.23 bits per heavy atom. The van der Waals surface area contributed by atoms with E-state index in [1.165, 1.54) is 0 Å². The first-order valence-corrected chi connectivity index (χ1v) is 9.61. The van der Waals surface area contributed by atoms with Gasteiger partial charge in [0.2, 0.25) is 5.91 Å². The minimum atomic E-state index is -4.38. The summed E-state index contributed by atoms with van der Waals surface area (Å²) in [6.07, 6.45) is -4.38. The number of carbonyl (C=O) groups excluding carboxylic acids is 1. The zero-order valence-corrected chi connectivity index (χ0v) is 18.4. The fourth-order valence-electron chi connectivity index (χ4n) is 3.32. The van der Waals surface area contributed by atoms with Crippen molar-refractivity contribution >= 4 is 11.6 Å². The summed E-state index contributed by atoms with van der Waals surface area (Å²) in [5.41, 5.74) is 4.47. The fourth-order valence-corrected chi connectivity index (χ4v) is 3.32. The molecule has 30 heavy (non-hydrogen) atoms. The molecule has 0 fully saturated rings. The third kappa shape index (κ3) is 5.75. The zero-order chi connectivity index (χ0) is 22.8. The molecule has 0 aliphatic heterocycles. The van der Waals surface area contributed by atoms with Crippen molar-refractivity contribution in [3.05, 3.63) is 40.2 Å². The Hall–Kier alpha value is -2.55. The second kappa shape index (κ2) is 9.07. The van der Waals surface area contributed by atoms with Crippen LogP contribution in [0, 0.1) is 27.7 Å². The average molecular weight is 426 g/mol. The molecule has 1 atom stereocenters. The van der Waals surface area contributed by atoms with Crippen LogP contribution in [0.2, 0.25) is 0 Å². The summed E-state index contributed by atoms with van der Waals surface area (Å²) < 4.78 is 44.0. The van der Waals surface area contributed by atoms with Crippen LogP contribution in [0.3, 0.4) is 0 Å². The standard InChI is InChI=1S/C21H29F3N4O2/c1-12-8-17(9-13(2)19(12)30-11-21(22,23)24)10-27(6)16(5)20(29)25-18-14(3)26-28(7)15(18)4/h8-9,16H,10-11H2,1-7H3,(H,25,29). The van der Waals surface area contributed by atoms with Crippen LogP contribution in [-0.4, -0.2) is 46.5 Å². The number of halogens is 3. The van der Waals surface area contributed by atoms with Gasteiger partial charge in [-0.25, -0.2) is 0 Å². The number of benzene rings is 1. The largest absolute Gasteiger partial charge is 0.484 e. The third-order valence-electron chi connectivity index (χ3n) is 5.13. The van der Waals surface area contributed by atoms with E-state index in [0.717, 1.165) is 17.0 Å². The molecule has 0 spiro atoms. The van der Waals surface area contributed by atoms with Crippen LogP contribution in [-0.2, 0) is 18.4 Å². The smallest absolute Gasteiger partial charge is 0.422 e. The lowest BCUT2D eigenvalue weighted by atomic mass is 10.0. The molecule has 0 saturated heterocycles. The highest BCUT2D eigenvalue weighted by molar-refractivity contribution is 5.95. The Balaban J connectivity index is 2.07. The minimum Gasteiger partial charge on any atom is -0.484 e. The number of aromatic nitrogens is 2. The van der Waals surface area contributed by atoms with Crippen LogP contribution in [0.4, 0.5) is 18.9 Å². The van der Waals surface area contributed by atoms with Gasteiger partial charge in [0.05, 0.1) is 23.1 Å². The molecule has 0 saturated carbocycles. The Bertz CT molecular complexity index is 899. The quantitative estimate of drug-likeness (QED) is 0.726. The number of nitrogens with one attached hydrogen (secondary N) is 1. The van der Waals surface area contributed by atoms with E-state index in [1.807, 2.05) is 32.8 Å². The number of likely N-dealkylation sites (N-methyl/N-ethyl adjacent to an activating group) is 1. The van der Waals surface area contributed by atoms with E-state index in [2.05, 4.69) is 10.4 Å². The molecule has 1 heterocycles. The molecule has 1 amide bonds. The van der Waals surface area contributed by atoms with Gasteiger partial charge < -0.3 is 10.1 Å². The third-order valence-corrected chi connectivity index (χ3v) is 5.13. The maximum absolute atomic E-state index is 12.7. The summed E-state index contributed by atoms with van der Waals surface area (Å²) >= 11 is 0. The van der Waals surface area contributed by atoms with Gasteiger partial charge in [-0.2, -0.15) is 18.3 Å². The molecule has 9 heteroatoms. The van der Waals surface area contributed by atoms with E-state index >= 15 is 0 Å². The lowest BCUT2D eigenvalue weighted by Gasteiger charge is -2.25. The van der Waals surface area contributed by atoms with Crippen LogP contribution in [0.1, 0.15) is 35.0 Å². The Labute approximate surface area is 175 Å². The number of aryl methyl sites for hydroxylation is 4. The summed E-state index contributed by atoms with van der Waals surface area (Å²) in [5.74, 6) is 0.0855. The van der Waals surface area contributed by atoms with E-state index in [-0.39, 0.29) is 11.7 Å². The van der Waals surface area contributed by atoms with Crippen molar-refractivity contribution in [2.24, 2.45) is 7.05 Å². The SMILES string of the molecule is Cc1cc(CN(C)C(C)C(=O)Nc2c(C)nn(C)c2C)cc(C)c1OCC(F)(F)F. The molecular weight excluding hydrogens is 397 g/mol. The fraction of sp³-hybridized carbons (Fsp3) is 0.524. The number of anilines is 1.